The van der Waals surface area contributed by atoms with Crippen LogP contribution in [0.4, 0.5) is 0 Å². The summed E-state index contributed by atoms with van der Waals surface area (Å²) in [6.07, 6.45) is 3.78. The smallest absolute Gasteiger partial charge is 0.243 e. The van der Waals surface area contributed by atoms with Gasteiger partial charge in [-0.15, -0.1) is 0 Å². The maximum atomic E-state index is 13.0. The van der Waals surface area contributed by atoms with Gasteiger partial charge in [0.25, 0.3) is 0 Å². The minimum atomic E-state index is -3.50. The number of aromatic nitrogens is 2. The van der Waals surface area contributed by atoms with E-state index in [1.807, 2.05) is 38.5 Å². The number of sulfonamides is 1. The molecule has 0 saturated carbocycles. The molecule has 0 unspecified atom stereocenters. The zero-order chi connectivity index (χ0) is 18.3. The van der Waals surface area contributed by atoms with Crippen molar-refractivity contribution < 1.29 is 13.2 Å². The number of nitrogens with zero attached hydrogens (tertiary/aromatic N) is 4. The van der Waals surface area contributed by atoms with Crippen LogP contribution in [0.15, 0.2) is 41.6 Å². The maximum absolute atomic E-state index is 13.0. The average molecular weight is 376 g/mol. The summed E-state index contributed by atoms with van der Waals surface area (Å²) < 4.78 is 35.2. The fourth-order valence-corrected chi connectivity index (χ4v) is 5.23. The van der Waals surface area contributed by atoms with E-state index < -0.39 is 10.0 Å². The first kappa shape index (κ1) is 17.7. The Bertz CT molecular complexity index is 878. The Balaban J connectivity index is 1.52. The third-order valence-electron chi connectivity index (χ3n) is 5.19. The van der Waals surface area contributed by atoms with E-state index in [1.165, 1.54) is 0 Å². The molecule has 26 heavy (non-hydrogen) atoms. The number of morpholine rings is 1. The summed E-state index contributed by atoms with van der Waals surface area (Å²) in [6.45, 7) is 5.00. The lowest BCUT2D eigenvalue weighted by Gasteiger charge is -2.36. The molecule has 0 aliphatic carbocycles. The number of benzene rings is 1. The number of fused-ring (bicyclic) bond motifs is 1. The number of hydrogen-bond acceptors (Lipinski definition) is 5. The van der Waals surface area contributed by atoms with Crippen LogP contribution in [-0.2, 0) is 28.4 Å². The minimum absolute atomic E-state index is 0.0733. The predicted octanol–water partition coefficient (Wildman–Crippen LogP) is 1.00. The zero-order valence-corrected chi connectivity index (χ0v) is 15.9. The second-order valence-electron chi connectivity index (χ2n) is 7.10. The van der Waals surface area contributed by atoms with Gasteiger partial charge < -0.3 is 4.74 Å². The largest absolute Gasteiger partial charge is 0.374 e. The van der Waals surface area contributed by atoms with Gasteiger partial charge in [0.15, 0.2) is 0 Å². The van der Waals surface area contributed by atoms with E-state index in [-0.39, 0.29) is 12.1 Å². The molecule has 8 heteroatoms. The third kappa shape index (κ3) is 3.29. The second-order valence-corrected chi connectivity index (χ2v) is 9.04. The lowest BCUT2D eigenvalue weighted by Crippen LogP contribution is -2.50. The van der Waals surface area contributed by atoms with Crippen molar-refractivity contribution >= 4 is 10.0 Å². The molecule has 2 aliphatic heterocycles. The standard InChI is InChI=1S/C18H24N4O3S/c1-14-3-5-16(6-4-14)26(23,24)22-12-17-18(13-22)25-8-7-21(17)11-15-9-19-20(2)10-15/h3-6,9-10,17-18H,7-8,11-13H2,1-2H3/t17-,18-/m0/s1. The Morgan fingerprint density at radius 2 is 2.00 bits per heavy atom. The molecule has 1 aromatic carbocycles. The van der Waals surface area contributed by atoms with Crippen molar-refractivity contribution in [3.63, 3.8) is 0 Å². The summed E-state index contributed by atoms with van der Waals surface area (Å²) >= 11 is 0. The summed E-state index contributed by atoms with van der Waals surface area (Å²) in [5.41, 5.74) is 2.18. The highest BCUT2D eigenvalue weighted by Crippen LogP contribution is 2.29. The van der Waals surface area contributed by atoms with Crippen molar-refractivity contribution in [1.29, 1.82) is 0 Å². The summed E-state index contributed by atoms with van der Waals surface area (Å²) in [7, 11) is -1.60. The normalized spacial score (nSPS) is 24.7. The number of ether oxygens (including phenoxy) is 1. The van der Waals surface area contributed by atoms with Crippen molar-refractivity contribution in [2.45, 2.75) is 30.5 Å². The number of hydrogen-bond donors (Lipinski definition) is 0. The molecule has 0 bridgehead atoms. The van der Waals surface area contributed by atoms with Crippen LogP contribution in [0, 0.1) is 6.92 Å². The zero-order valence-electron chi connectivity index (χ0n) is 15.1. The van der Waals surface area contributed by atoms with Gasteiger partial charge in [-0.05, 0) is 19.1 Å². The summed E-state index contributed by atoms with van der Waals surface area (Å²) in [5, 5.41) is 4.22. The van der Waals surface area contributed by atoms with E-state index in [4.69, 9.17) is 4.74 Å². The lowest BCUT2D eigenvalue weighted by molar-refractivity contribution is -0.0502. The molecule has 140 valence electrons. The fraction of sp³-hybridized carbons (Fsp3) is 0.500. The van der Waals surface area contributed by atoms with E-state index >= 15 is 0 Å². The van der Waals surface area contributed by atoms with E-state index in [0.717, 1.165) is 24.2 Å². The van der Waals surface area contributed by atoms with Gasteiger partial charge >= 0.3 is 0 Å². The summed E-state index contributed by atoms with van der Waals surface area (Å²) in [6, 6.07) is 7.11. The molecule has 2 saturated heterocycles. The number of rotatable bonds is 4. The third-order valence-corrected chi connectivity index (χ3v) is 7.03. The van der Waals surface area contributed by atoms with Gasteiger partial charge in [0.05, 0.1) is 29.8 Å². The Morgan fingerprint density at radius 1 is 1.23 bits per heavy atom. The number of aryl methyl sites for hydroxylation is 2. The van der Waals surface area contributed by atoms with Gasteiger partial charge in [-0.3, -0.25) is 9.58 Å². The summed E-state index contributed by atoms with van der Waals surface area (Å²) in [5.74, 6) is 0. The highest BCUT2D eigenvalue weighted by molar-refractivity contribution is 7.89. The molecule has 2 atom stereocenters. The van der Waals surface area contributed by atoms with E-state index in [9.17, 15) is 8.42 Å². The van der Waals surface area contributed by atoms with E-state index in [2.05, 4.69) is 10.00 Å². The fourth-order valence-electron chi connectivity index (χ4n) is 3.76. The molecule has 4 rings (SSSR count). The van der Waals surface area contributed by atoms with Crippen LogP contribution >= 0.6 is 0 Å². The molecule has 1 aromatic heterocycles. The van der Waals surface area contributed by atoms with Gasteiger partial charge in [0, 0.05) is 45.0 Å². The van der Waals surface area contributed by atoms with Crippen LogP contribution in [0.1, 0.15) is 11.1 Å². The van der Waals surface area contributed by atoms with Crippen molar-refractivity contribution in [2.24, 2.45) is 7.05 Å². The van der Waals surface area contributed by atoms with Crippen molar-refractivity contribution in [2.75, 3.05) is 26.2 Å². The van der Waals surface area contributed by atoms with Crippen molar-refractivity contribution in [3.8, 4) is 0 Å². The Labute approximate surface area is 154 Å². The van der Waals surface area contributed by atoms with Crippen LogP contribution in [-0.4, -0.2) is 65.8 Å². The van der Waals surface area contributed by atoms with Crippen molar-refractivity contribution in [3.05, 3.63) is 47.8 Å². The van der Waals surface area contributed by atoms with Gasteiger partial charge in [-0.25, -0.2) is 8.42 Å². The van der Waals surface area contributed by atoms with Crippen LogP contribution < -0.4 is 0 Å². The van der Waals surface area contributed by atoms with Gasteiger partial charge in [0.1, 0.15) is 0 Å². The molecule has 0 amide bonds. The van der Waals surface area contributed by atoms with Crippen LogP contribution in [0.25, 0.3) is 0 Å². The van der Waals surface area contributed by atoms with Gasteiger partial charge in [0.2, 0.25) is 10.0 Å². The van der Waals surface area contributed by atoms with Crippen LogP contribution in [0.2, 0.25) is 0 Å². The van der Waals surface area contributed by atoms with Crippen molar-refractivity contribution in [1.82, 2.24) is 19.0 Å². The molecule has 2 aliphatic rings. The molecule has 3 heterocycles. The van der Waals surface area contributed by atoms with Crippen LogP contribution in [0.3, 0.4) is 0 Å². The molecule has 2 aromatic rings. The highest BCUT2D eigenvalue weighted by Gasteiger charge is 2.44. The Hall–Kier alpha value is -1.74. The molecular formula is C18H24N4O3S. The molecule has 0 radical (unpaired) electrons. The monoisotopic (exact) mass is 376 g/mol. The molecule has 2 fully saturated rings. The molecular weight excluding hydrogens is 352 g/mol. The van der Waals surface area contributed by atoms with Crippen LogP contribution in [0.5, 0.6) is 0 Å². The predicted molar refractivity (Wildman–Crippen MR) is 97.1 cm³/mol. The Kier molecular flexibility index (Phi) is 4.60. The SMILES string of the molecule is Cc1ccc(S(=O)(=O)N2C[C@@H]3OCCN(Cc4cnn(C)c4)[C@H]3C2)cc1. The topological polar surface area (TPSA) is 67.7 Å². The van der Waals surface area contributed by atoms with Gasteiger partial charge in [-0.1, -0.05) is 17.7 Å². The Morgan fingerprint density at radius 3 is 2.69 bits per heavy atom. The summed E-state index contributed by atoms with van der Waals surface area (Å²) in [4.78, 5) is 2.66. The van der Waals surface area contributed by atoms with E-state index in [0.29, 0.717) is 24.6 Å². The average Bonchev–Trinajstić information content (AvgIpc) is 3.22. The first-order valence-corrected chi connectivity index (χ1v) is 10.3. The first-order valence-electron chi connectivity index (χ1n) is 8.83. The molecule has 0 spiro atoms. The maximum Gasteiger partial charge on any atom is 0.243 e. The first-order chi connectivity index (χ1) is 12.4. The van der Waals surface area contributed by atoms with E-state index in [1.54, 1.807) is 21.1 Å². The minimum Gasteiger partial charge on any atom is -0.374 e. The lowest BCUT2D eigenvalue weighted by atomic mass is 10.1. The van der Waals surface area contributed by atoms with Gasteiger partial charge in [-0.2, -0.15) is 9.40 Å². The molecule has 0 N–H and O–H groups in total. The molecule has 7 nitrogen and oxygen atoms in total. The quantitative estimate of drug-likeness (QED) is 0.797. The second kappa shape index (κ2) is 6.77. The highest BCUT2D eigenvalue weighted by atomic mass is 32.2.